The molecule has 2 bridgehead atoms. The fourth-order valence-electron chi connectivity index (χ4n) is 1.47. The van der Waals surface area contributed by atoms with Crippen molar-refractivity contribution in [1.82, 2.24) is 0 Å². The summed E-state index contributed by atoms with van der Waals surface area (Å²) in [5, 5.41) is 0. The van der Waals surface area contributed by atoms with E-state index in [2.05, 4.69) is 12.1 Å². The van der Waals surface area contributed by atoms with E-state index in [4.69, 9.17) is 9.31 Å². The highest BCUT2D eigenvalue weighted by Crippen LogP contribution is 2.42. The number of hydrogen-bond donors (Lipinski definition) is 0. The molecule has 0 atom stereocenters. The van der Waals surface area contributed by atoms with Crippen LogP contribution in [0.2, 0.25) is 0 Å². The van der Waals surface area contributed by atoms with Gasteiger partial charge in [-0.15, -0.1) is 0 Å². The maximum absolute atomic E-state index is 5.25. The molecule has 2 aliphatic carbocycles. The first-order valence-electron chi connectivity index (χ1n) is 3.35. The fourth-order valence-corrected chi connectivity index (χ4v) is 1.47. The second kappa shape index (κ2) is 1.31. The maximum Gasteiger partial charge on any atom is 0.576 e. The molecule has 1 aromatic carbocycles. The summed E-state index contributed by atoms with van der Waals surface area (Å²) in [5.74, 6) is 1.90. The van der Waals surface area contributed by atoms with Gasteiger partial charge in [-0.05, 0) is 11.6 Å². The van der Waals surface area contributed by atoms with Gasteiger partial charge in [0.05, 0.1) is 0 Å². The molecule has 1 aromatic rings. The van der Waals surface area contributed by atoms with Gasteiger partial charge >= 0.3 is 7.69 Å². The Kier molecular flexibility index (Phi) is 0.611. The Morgan fingerprint density at radius 2 is 2.20 bits per heavy atom. The van der Waals surface area contributed by atoms with Crippen LogP contribution < -0.4 is 9.31 Å². The molecule has 0 fully saturated rings. The minimum atomic E-state index is 0.395. The molecule has 0 spiro atoms. The molecule has 4 rings (SSSR count). The summed E-state index contributed by atoms with van der Waals surface area (Å²) in [6, 6.07) is 4.20. The van der Waals surface area contributed by atoms with Crippen LogP contribution in [0.3, 0.4) is 0 Å². The predicted molar refractivity (Wildman–Crippen MR) is 37.7 cm³/mol. The first kappa shape index (κ1) is 4.66. The highest BCUT2D eigenvalue weighted by molar-refractivity contribution is 6.23. The van der Waals surface area contributed by atoms with Crippen molar-refractivity contribution in [2.75, 3.05) is 0 Å². The number of rotatable bonds is 0. The topological polar surface area (TPSA) is 18.5 Å². The van der Waals surface area contributed by atoms with E-state index < -0.39 is 0 Å². The Morgan fingerprint density at radius 1 is 1.30 bits per heavy atom. The molecule has 1 heterocycles. The number of benzene rings is 1. The Hall–Kier alpha value is -1.12. The van der Waals surface area contributed by atoms with Crippen molar-refractivity contribution in [1.29, 1.82) is 0 Å². The molecular weight excluding hydrogens is 127 g/mol. The van der Waals surface area contributed by atoms with E-state index in [0.29, 0.717) is 7.69 Å². The smallest absolute Gasteiger partial charge is 0.526 e. The van der Waals surface area contributed by atoms with Crippen molar-refractivity contribution < 1.29 is 9.31 Å². The molecule has 3 heteroatoms. The molecule has 48 valence electrons. The van der Waals surface area contributed by atoms with Gasteiger partial charge in [0.1, 0.15) is 11.5 Å². The summed E-state index contributed by atoms with van der Waals surface area (Å²) in [5.41, 5.74) is 2.66. The summed E-state index contributed by atoms with van der Waals surface area (Å²) >= 11 is 0. The van der Waals surface area contributed by atoms with E-state index in [1.807, 2.05) is 0 Å². The Balaban J connectivity index is 2.34. The summed E-state index contributed by atoms with van der Waals surface area (Å²) in [7, 11) is 0.395. The molecule has 0 aromatic heterocycles. The third-order valence-electron chi connectivity index (χ3n) is 2.00. The van der Waals surface area contributed by atoms with Gasteiger partial charge in [-0.2, -0.15) is 0 Å². The molecule has 1 aliphatic heterocycles. The van der Waals surface area contributed by atoms with Gasteiger partial charge < -0.3 is 9.31 Å². The van der Waals surface area contributed by atoms with Crippen molar-refractivity contribution in [3.63, 3.8) is 0 Å². The summed E-state index contributed by atoms with van der Waals surface area (Å²) < 4.78 is 10.4. The van der Waals surface area contributed by atoms with E-state index in [1.165, 1.54) is 11.1 Å². The number of hydrogen-bond acceptors (Lipinski definition) is 2. The van der Waals surface area contributed by atoms with E-state index in [-0.39, 0.29) is 0 Å². The van der Waals surface area contributed by atoms with Crippen molar-refractivity contribution in [3.05, 3.63) is 23.3 Å². The van der Waals surface area contributed by atoms with Crippen LogP contribution in [0.25, 0.3) is 0 Å². The second-order valence-electron chi connectivity index (χ2n) is 2.67. The van der Waals surface area contributed by atoms with Gasteiger partial charge in [0.25, 0.3) is 0 Å². The van der Waals surface area contributed by atoms with Crippen LogP contribution in [0.1, 0.15) is 11.1 Å². The molecule has 3 aliphatic rings. The van der Waals surface area contributed by atoms with Gasteiger partial charge in [0, 0.05) is 12.0 Å². The van der Waals surface area contributed by atoms with Gasteiger partial charge in [-0.25, -0.2) is 0 Å². The lowest BCUT2D eigenvalue weighted by Crippen LogP contribution is -2.02. The van der Waals surface area contributed by atoms with E-state index in [0.717, 1.165) is 17.9 Å². The van der Waals surface area contributed by atoms with Crippen molar-refractivity contribution in [2.24, 2.45) is 0 Å². The summed E-state index contributed by atoms with van der Waals surface area (Å²) in [4.78, 5) is 0. The minimum Gasteiger partial charge on any atom is -0.526 e. The molecule has 0 unspecified atom stereocenters. The van der Waals surface area contributed by atoms with Crippen molar-refractivity contribution in [3.8, 4) is 11.5 Å². The zero-order valence-corrected chi connectivity index (χ0v) is 5.39. The molecular formula is C7H5BO2. The van der Waals surface area contributed by atoms with Crippen molar-refractivity contribution in [2.45, 2.75) is 6.42 Å². The lowest BCUT2D eigenvalue weighted by atomic mass is 9.92. The van der Waals surface area contributed by atoms with Crippen LogP contribution in [0.5, 0.6) is 11.5 Å². The first-order valence-corrected chi connectivity index (χ1v) is 3.35. The minimum absolute atomic E-state index is 0.395. The zero-order valence-electron chi connectivity index (χ0n) is 5.39. The molecule has 0 saturated carbocycles. The third kappa shape index (κ3) is 0.385. The van der Waals surface area contributed by atoms with Crippen LogP contribution in [0, 0.1) is 0 Å². The van der Waals surface area contributed by atoms with Crippen LogP contribution in [-0.4, -0.2) is 7.69 Å². The Bertz CT molecular complexity index is 309. The monoisotopic (exact) mass is 132 g/mol. The van der Waals surface area contributed by atoms with Crippen LogP contribution in [0.15, 0.2) is 12.1 Å². The quantitative estimate of drug-likeness (QED) is 0.489. The van der Waals surface area contributed by atoms with Gasteiger partial charge in [-0.3, -0.25) is 0 Å². The van der Waals surface area contributed by atoms with E-state index in [9.17, 15) is 0 Å². The highest BCUT2D eigenvalue weighted by atomic mass is 16.6. The van der Waals surface area contributed by atoms with Gasteiger partial charge in [0.2, 0.25) is 0 Å². The maximum atomic E-state index is 5.25. The summed E-state index contributed by atoms with van der Waals surface area (Å²) in [6.45, 7) is 0. The van der Waals surface area contributed by atoms with E-state index in [1.54, 1.807) is 0 Å². The molecule has 0 saturated heterocycles. The van der Waals surface area contributed by atoms with Crippen molar-refractivity contribution >= 4 is 7.69 Å². The van der Waals surface area contributed by atoms with Crippen LogP contribution in [0.4, 0.5) is 0 Å². The molecule has 0 radical (unpaired) electrons. The predicted octanol–water partition coefficient (Wildman–Crippen LogP) is 0.629. The largest absolute Gasteiger partial charge is 0.576 e. The SMILES string of the molecule is B1Oc2cc3cc(c2O1)C3. The average molecular weight is 132 g/mol. The second-order valence-corrected chi connectivity index (χ2v) is 2.67. The molecule has 0 N–H and O–H groups in total. The van der Waals surface area contributed by atoms with E-state index >= 15 is 0 Å². The molecule has 10 heavy (non-hydrogen) atoms. The fraction of sp³-hybridized carbons (Fsp3) is 0.143. The zero-order chi connectivity index (χ0) is 6.55. The normalized spacial score (nSPS) is 16.0. The van der Waals surface area contributed by atoms with Gasteiger partial charge in [-0.1, -0.05) is 6.07 Å². The Labute approximate surface area is 59.1 Å². The first-order chi connectivity index (χ1) is 4.93. The average Bonchev–Trinajstić information content (AvgIpc) is 2.29. The van der Waals surface area contributed by atoms with Gasteiger partial charge in [0.15, 0.2) is 0 Å². The lowest BCUT2D eigenvalue weighted by molar-refractivity contribution is 0.540. The van der Waals surface area contributed by atoms with Crippen LogP contribution >= 0.6 is 0 Å². The lowest BCUT2D eigenvalue weighted by Gasteiger charge is -2.17. The summed E-state index contributed by atoms with van der Waals surface area (Å²) in [6.07, 6.45) is 1.07. The third-order valence-corrected chi connectivity index (χ3v) is 2.00. The Morgan fingerprint density at radius 3 is 3.00 bits per heavy atom. The molecule has 2 nitrogen and oxygen atoms in total. The molecule has 0 amide bonds. The van der Waals surface area contributed by atoms with Crippen LogP contribution in [-0.2, 0) is 6.42 Å². The standard InChI is InChI=1S/C7H5BO2/c1-4-2-5(1)7-6(3-4)9-8-10-7/h1,3,8H,2H2. The highest BCUT2D eigenvalue weighted by Gasteiger charge is 2.25.